The molecule has 4 nitrogen and oxygen atoms in total. The first-order valence-electron chi connectivity index (χ1n) is 6.84. The Morgan fingerprint density at radius 1 is 1.56 bits per heavy atom. The van der Waals surface area contributed by atoms with Gasteiger partial charge in [-0.25, -0.2) is 4.79 Å². The fraction of sp³-hybridized carbons (Fsp3) is 0.714. The van der Waals surface area contributed by atoms with Gasteiger partial charge in [0, 0.05) is 6.54 Å². The van der Waals surface area contributed by atoms with Gasteiger partial charge in [0.25, 0.3) is 0 Å². The second-order valence-electron chi connectivity index (χ2n) is 5.65. The molecule has 0 aromatic rings. The average molecular weight is 249 g/mol. The molecule has 1 aliphatic heterocycles. The van der Waals surface area contributed by atoms with Crippen LogP contribution in [0.15, 0.2) is 16.6 Å². The first-order valence-corrected chi connectivity index (χ1v) is 6.84. The number of hydrogen-bond acceptors (Lipinski definition) is 2. The molecule has 0 aromatic carbocycles. The van der Waals surface area contributed by atoms with Crippen LogP contribution in [0.1, 0.15) is 40.0 Å². The minimum atomic E-state index is -0.154. The molecule has 4 heteroatoms. The zero-order valence-electron chi connectivity index (χ0n) is 11.5. The topological polar surface area (TPSA) is 58.7 Å². The van der Waals surface area contributed by atoms with E-state index in [2.05, 4.69) is 31.8 Å². The minimum absolute atomic E-state index is 0.0172. The summed E-state index contributed by atoms with van der Waals surface area (Å²) in [5.41, 5.74) is 7.38. The minimum Gasteiger partial charge on any atom is -0.385 e. The molecular weight excluding hydrogens is 226 g/mol. The molecule has 0 spiro atoms. The van der Waals surface area contributed by atoms with Gasteiger partial charge in [0.2, 0.25) is 0 Å². The molecule has 0 aromatic heterocycles. The first kappa shape index (κ1) is 13.1. The van der Waals surface area contributed by atoms with E-state index < -0.39 is 0 Å². The van der Waals surface area contributed by atoms with Crippen molar-refractivity contribution < 1.29 is 4.79 Å². The van der Waals surface area contributed by atoms with Gasteiger partial charge in [-0.3, -0.25) is 0 Å². The predicted octanol–water partition coefficient (Wildman–Crippen LogP) is 2.55. The van der Waals surface area contributed by atoms with E-state index in [4.69, 9.17) is 5.73 Å². The lowest BCUT2D eigenvalue weighted by molar-refractivity contribution is 0.181. The molecule has 100 valence electrons. The number of aliphatic imine (C=N–C) groups is 1. The smallest absolute Gasteiger partial charge is 0.345 e. The summed E-state index contributed by atoms with van der Waals surface area (Å²) >= 11 is 0. The van der Waals surface area contributed by atoms with Crippen molar-refractivity contribution >= 4 is 11.9 Å². The van der Waals surface area contributed by atoms with Crippen LogP contribution in [0.3, 0.4) is 0 Å². The summed E-state index contributed by atoms with van der Waals surface area (Å²) in [7, 11) is 0. The van der Waals surface area contributed by atoms with Gasteiger partial charge in [-0.15, -0.1) is 0 Å². The predicted molar refractivity (Wildman–Crippen MR) is 73.4 cm³/mol. The number of nitrogens with zero attached hydrogens (tertiary/aromatic N) is 2. The molecule has 3 unspecified atom stereocenters. The fourth-order valence-electron chi connectivity index (χ4n) is 3.33. The lowest BCUT2D eigenvalue weighted by Gasteiger charge is -2.35. The highest BCUT2D eigenvalue weighted by molar-refractivity contribution is 6.03. The number of hydrogen-bond donors (Lipinski definition) is 1. The monoisotopic (exact) mass is 249 g/mol. The quantitative estimate of drug-likeness (QED) is 0.781. The summed E-state index contributed by atoms with van der Waals surface area (Å²) < 4.78 is 0. The fourth-order valence-corrected chi connectivity index (χ4v) is 3.33. The SMILES string of the molecule is CCCN1C(=O)N=C(N)C1C1CC(C)=CC(C)C1. The third-order valence-corrected chi connectivity index (χ3v) is 3.85. The van der Waals surface area contributed by atoms with E-state index in [1.807, 2.05) is 4.90 Å². The highest BCUT2D eigenvalue weighted by atomic mass is 16.2. The van der Waals surface area contributed by atoms with E-state index in [0.29, 0.717) is 17.7 Å². The summed E-state index contributed by atoms with van der Waals surface area (Å²) in [5, 5.41) is 0. The van der Waals surface area contributed by atoms with Gasteiger partial charge in [0.1, 0.15) is 5.84 Å². The summed E-state index contributed by atoms with van der Waals surface area (Å²) in [6.45, 7) is 7.22. The number of carbonyl (C=O) groups excluding carboxylic acids is 1. The molecule has 2 rings (SSSR count). The maximum Gasteiger partial charge on any atom is 0.345 e. The number of rotatable bonds is 3. The lowest BCUT2D eigenvalue weighted by Crippen LogP contribution is -2.47. The summed E-state index contributed by atoms with van der Waals surface area (Å²) in [4.78, 5) is 17.6. The Kier molecular flexibility index (Phi) is 3.73. The molecule has 0 bridgehead atoms. The summed E-state index contributed by atoms with van der Waals surface area (Å²) in [6.07, 6.45) is 5.39. The molecule has 1 aliphatic carbocycles. The Hall–Kier alpha value is -1.32. The standard InChI is InChI=1S/C14H23N3O/c1-4-5-17-12(13(15)16-14(17)18)11-7-9(2)6-10(3)8-11/h6,9,11-12H,4-5,7-8H2,1-3H3,(H2,15,16,18). The number of allylic oxidation sites excluding steroid dienone is 2. The third kappa shape index (κ3) is 2.42. The molecule has 0 fully saturated rings. The second kappa shape index (κ2) is 5.12. The van der Waals surface area contributed by atoms with Crippen LogP contribution >= 0.6 is 0 Å². The van der Waals surface area contributed by atoms with Gasteiger partial charge in [0.15, 0.2) is 0 Å². The maximum absolute atomic E-state index is 11.8. The van der Waals surface area contributed by atoms with Crippen LogP contribution in [0.2, 0.25) is 0 Å². The number of urea groups is 1. The van der Waals surface area contributed by atoms with Crippen molar-refractivity contribution in [2.24, 2.45) is 22.6 Å². The Bertz CT molecular complexity index is 400. The molecule has 2 amide bonds. The van der Waals surface area contributed by atoms with Crippen LogP contribution in [0.5, 0.6) is 0 Å². The van der Waals surface area contributed by atoms with Crippen LogP contribution in [0.4, 0.5) is 4.79 Å². The van der Waals surface area contributed by atoms with E-state index in [1.54, 1.807) is 0 Å². The highest BCUT2D eigenvalue weighted by Gasteiger charge is 2.39. The molecule has 3 atom stereocenters. The van der Waals surface area contributed by atoms with E-state index in [0.717, 1.165) is 25.8 Å². The van der Waals surface area contributed by atoms with Crippen molar-refractivity contribution in [2.45, 2.75) is 46.1 Å². The van der Waals surface area contributed by atoms with E-state index in [1.165, 1.54) is 5.57 Å². The largest absolute Gasteiger partial charge is 0.385 e. The van der Waals surface area contributed by atoms with Gasteiger partial charge in [-0.1, -0.05) is 25.5 Å². The normalized spacial score (nSPS) is 32.5. The van der Waals surface area contributed by atoms with Crippen molar-refractivity contribution in [3.05, 3.63) is 11.6 Å². The van der Waals surface area contributed by atoms with E-state index in [-0.39, 0.29) is 12.1 Å². The second-order valence-corrected chi connectivity index (χ2v) is 5.65. The number of nitrogens with two attached hydrogens (primary N) is 1. The van der Waals surface area contributed by atoms with Gasteiger partial charge in [-0.05, 0) is 38.0 Å². The van der Waals surface area contributed by atoms with Crippen LogP contribution in [0, 0.1) is 11.8 Å². The van der Waals surface area contributed by atoms with Crippen molar-refractivity contribution in [2.75, 3.05) is 6.54 Å². The first-order chi connectivity index (χ1) is 8.52. The third-order valence-electron chi connectivity index (χ3n) is 3.85. The van der Waals surface area contributed by atoms with Crippen molar-refractivity contribution in [1.29, 1.82) is 0 Å². The molecule has 2 aliphatic rings. The molecular formula is C14H23N3O. The Balaban J connectivity index is 2.18. The van der Waals surface area contributed by atoms with Crippen LogP contribution in [0.25, 0.3) is 0 Å². The Morgan fingerprint density at radius 3 is 2.89 bits per heavy atom. The van der Waals surface area contributed by atoms with E-state index in [9.17, 15) is 4.79 Å². The zero-order chi connectivity index (χ0) is 13.3. The van der Waals surface area contributed by atoms with Gasteiger partial charge < -0.3 is 10.6 Å². The van der Waals surface area contributed by atoms with Crippen molar-refractivity contribution in [3.63, 3.8) is 0 Å². The molecule has 0 saturated carbocycles. The Labute approximate surface area is 109 Å². The highest BCUT2D eigenvalue weighted by Crippen LogP contribution is 2.34. The van der Waals surface area contributed by atoms with Crippen LogP contribution in [-0.4, -0.2) is 29.4 Å². The number of amides is 2. The molecule has 1 heterocycles. The molecule has 18 heavy (non-hydrogen) atoms. The molecule has 2 N–H and O–H groups in total. The molecule has 0 saturated heterocycles. The van der Waals surface area contributed by atoms with Gasteiger partial charge in [0.05, 0.1) is 6.04 Å². The van der Waals surface area contributed by atoms with Crippen LogP contribution in [-0.2, 0) is 0 Å². The zero-order valence-corrected chi connectivity index (χ0v) is 11.5. The summed E-state index contributed by atoms with van der Waals surface area (Å²) in [5.74, 6) is 1.50. The van der Waals surface area contributed by atoms with Gasteiger partial charge >= 0.3 is 6.03 Å². The van der Waals surface area contributed by atoms with Gasteiger partial charge in [-0.2, -0.15) is 4.99 Å². The molecule has 0 radical (unpaired) electrons. The van der Waals surface area contributed by atoms with E-state index >= 15 is 0 Å². The van der Waals surface area contributed by atoms with Crippen LogP contribution < -0.4 is 5.73 Å². The van der Waals surface area contributed by atoms with Crippen molar-refractivity contribution in [1.82, 2.24) is 4.90 Å². The van der Waals surface area contributed by atoms with Crippen molar-refractivity contribution in [3.8, 4) is 0 Å². The lowest BCUT2D eigenvalue weighted by atomic mass is 9.79. The average Bonchev–Trinajstić information content (AvgIpc) is 2.53. The maximum atomic E-state index is 11.8. The summed E-state index contributed by atoms with van der Waals surface area (Å²) in [6, 6.07) is -0.136. The number of carbonyl (C=O) groups is 1. The number of amidine groups is 1. The Morgan fingerprint density at radius 2 is 2.28 bits per heavy atom.